The maximum Gasteiger partial charge on any atom is 0.166 e. The van der Waals surface area contributed by atoms with Gasteiger partial charge in [0.05, 0.1) is 10.2 Å². The highest BCUT2D eigenvalue weighted by Gasteiger charge is 2.29. The van der Waals surface area contributed by atoms with E-state index in [9.17, 15) is 4.39 Å². The van der Waals surface area contributed by atoms with Crippen molar-refractivity contribution in [3.63, 3.8) is 0 Å². The standard InChI is InChI=1S/C9H10BrFN2O/c1-14-7-4-13(5-7)9-8(11)2-6(10)3-12-9/h2-3,7H,4-5H2,1H3/i1D3. The van der Waals surface area contributed by atoms with Gasteiger partial charge in [-0.2, -0.15) is 0 Å². The topological polar surface area (TPSA) is 25.4 Å². The van der Waals surface area contributed by atoms with Crippen molar-refractivity contribution in [1.82, 2.24) is 4.98 Å². The molecule has 0 atom stereocenters. The summed E-state index contributed by atoms with van der Waals surface area (Å²) in [5.41, 5.74) is 0. The van der Waals surface area contributed by atoms with E-state index in [1.54, 1.807) is 4.90 Å². The van der Waals surface area contributed by atoms with Crippen LogP contribution in [0.2, 0.25) is 0 Å². The molecule has 0 amide bonds. The Labute approximate surface area is 94.2 Å². The number of halogens is 2. The lowest BCUT2D eigenvalue weighted by Crippen LogP contribution is -2.52. The summed E-state index contributed by atoms with van der Waals surface area (Å²) in [4.78, 5) is 5.58. The van der Waals surface area contributed by atoms with E-state index in [-0.39, 0.29) is 5.82 Å². The minimum atomic E-state index is -2.40. The monoisotopic (exact) mass is 263 g/mol. The molecule has 1 aliphatic heterocycles. The van der Waals surface area contributed by atoms with Crippen molar-refractivity contribution >= 4 is 21.7 Å². The summed E-state index contributed by atoms with van der Waals surface area (Å²) in [6, 6.07) is 1.32. The number of hydrogen-bond acceptors (Lipinski definition) is 3. The van der Waals surface area contributed by atoms with Gasteiger partial charge in [-0.15, -0.1) is 0 Å². The number of pyridine rings is 1. The molecule has 1 aromatic rings. The Balaban J connectivity index is 1.95. The predicted octanol–water partition coefficient (Wildman–Crippen LogP) is 1.82. The molecule has 0 aliphatic carbocycles. The second-order valence-corrected chi connectivity index (χ2v) is 4.02. The lowest BCUT2D eigenvalue weighted by molar-refractivity contribution is 0.0779. The molecule has 76 valence electrons. The fourth-order valence-corrected chi connectivity index (χ4v) is 1.63. The fraction of sp³-hybridized carbons (Fsp3) is 0.444. The molecule has 1 fully saturated rings. The first-order chi connectivity index (χ1) is 7.85. The third kappa shape index (κ3) is 1.74. The van der Waals surface area contributed by atoms with Crippen molar-refractivity contribution in [3.05, 3.63) is 22.6 Å². The molecule has 5 heteroatoms. The molecule has 0 spiro atoms. The number of anilines is 1. The highest BCUT2D eigenvalue weighted by atomic mass is 79.9. The number of methoxy groups -OCH3 is 1. The molecule has 0 aromatic carbocycles. The molecule has 2 heterocycles. The normalized spacial score (nSPS) is 21.0. The maximum absolute atomic E-state index is 13.5. The molecule has 0 radical (unpaired) electrons. The summed E-state index contributed by atoms with van der Waals surface area (Å²) in [6.45, 7) is 0.674. The maximum atomic E-state index is 13.5. The summed E-state index contributed by atoms with van der Waals surface area (Å²) in [5.74, 6) is -0.217. The molecule has 0 N–H and O–H groups in total. The summed E-state index contributed by atoms with van der Waals surface area (Å²) in [6.07, 6.45) is 1.10. The van der Waals surface area contributed by atoms with Crippen molar-refractivity contribution in [3.8, 4) is 0 Å². The quantitative estimate of drug-likeness (QED) is 0.814. The first kappa shape index (κ1) is 6.74. The van der Waals surface area contributed by atoms with Crippen LogP contribution in [-0.4, -0.2) is 31.2 Å². The van der Waals surface area contributed by atoms with Gasteiger partial charge in [-0.1, -0.05) is 0 Å². The molecule has 1 aromatic heterocycles. The Bertz CT molecular complexity index is 423. The van der Waals surface area contributed by atoms with Gasteiger partial charge in [-0.05, 0) is 22.0 Å². The fourth-order valence-electron chi connectivity index (χ4n) is 1.33. The number of rotatable bonds is 2. The third-order valence-corrected chi connectivity index (χ3v) is 2.54. The van der Waals surface area contributed by atoms with Crippen LogP contribution in [0, 0.1) is 5.82 Å². The number of aromatic nitrogens is 1. The van der Waals surface area contributed by atoms with Crippen LogP contribution in [0.15, 0.2) is 16.7 Å². The zero-order valence-corrected chi connectivity index (χ0v) is 8.79. The minimum Gasteiger partial charge on any atom is -0.378 e. The van der Waals surface area contributed by atoms with E-state index in [2.05, 4.69) is 20.9 Å². The molecule has 1 saturated heterocycles. The highest BCUT2D eigenvalue weighted by Crippen LogP contribution is 2.24. The van der Waals surface area contributed by atoms with Gasteiger partial charge in [0.15, 0.2) is 11.6 Å². The van der Waals surface area contributed by atoms with E-state index in [4.69, 9.17) is 8.85 Å². The summed E-state index contributed by atoms with van der Waals surface area (Å²) >= 11 is 3.12. The zero-order chi connectivity index (χ0) is 12.6. The molecule has 14 heavy (non-hydrogen) atoms. The Kier molecular flexibility index (Phi) is 1.84. The van der Waals surface area contributed by atoms with Gasteiger partial charge in [-0.3, -0.25) is 0 Å². The first-order valence-corrected chi connectivity index (χ1v) is 4.88. The number of hydrogen-bond donors (Lipinski definition) is 0. The van der Waals surface area contributed by atoms with Crippen molar-refractivity contribution in [2.24, 2.45) is 0 Å². The first-order valence-electron chi connectivity index (χ1n) is 5.59. The van der Waals surface area contributed by atoms with E-state index in [1.165, 1.54) is 12.3 Å². The predicted molar refractivity (Wildman–Crippen MR) is 54.9 cm³/mol. The molecular weight excluding hydrogens is 251 g/mol. The van der Waals surface area contributed by atoms with Gasteiger partial charge < -0.3 is 9.64 Å². The molecule has 0 saturated carbocycles. The van der Waals surface area contributed by atoms with Crippen LogP contribution in [-0.2, 0) is 4.74 Å². The summed E-state index contributed by atoms with van der Waals surface area (Å²) in [7, 11) is -2.40. The van der Waals surface area contributed by atoms with E-state index >= 15 is 0 Å². The van der Waals surface area contributed by atoms with Gasteiger partial charge in [0.25, 0.3) is 0 Å². The highest BCUT2D eigenvalue weighted by molar-refractivity contribution is 9.10. The second kappa shape index (κ2) is 3.82. The van der Waals surface area contributed by atoms with Crippen LogP contribution in [0.1, 0.15) is 4.11 Å². The van der Waals surface area contributed by atoms with Crippen molar-refractivity contribution < 1.29 is 13.2 Å². The second-order valence-electron chi connectivity index (χ2n) is 3.10. The molecule has 2 rings (SSSR count). The van der Waals surface area contributed by atoms with E-state index in [0.717, 1.165) is 0 Å². The molecule has 1 aliphatic rings. The lowest BCUT2D eigenvalue weighted by atomic mass is 10.1. The average Bonchev–Trinajstić information content (AvgIpc) is 2.10. The van der Waals surface area contributed by atoms with Crippen molar-refractivity contribution in [2.75, 3.05) is 25.0 Å². The van der Waals surface area contributed by atoms with Gasteiger partial charge in [-0.25, -0.2) is 9.37 Å². The van der Waals surface area contributed by atoms with Gasteiger partial charge in [0.2, 0.25) is 0 Å². The Morgan fingerprint density at radius 1 is 1.79 bits per heavy atom. The molecule has 3 nitrogen and oxygen atoms in total. The molecular formula is C9H10BrFN2O. The minimum absolute atomic E-state index is 0.221. The van der Waals surface area contributed by atoms with Gasteiger partial charge in [0, 0.05) is 30.8 Å². The Morgan fingerprint density at radius 3 is 3.21 bits per heavy atom. The van der Waals surface area contributed by atoms with Crippen LogP contribution >= 0.6 is 15.9 Å². The van der Waals surface area contributed by atoms with Gasteiger partial charge >= 0.3 is 0 Å². The van der Waals surface area contributed by atoms with Crippen LogP contribution in [0.25, 0.3) is 0 Å². The zero-order valence-electron chi connectivity index (χ0n) is 10.2. The number of nitrogens with zero attached hydrogens (tertiary/aromatic N) is 2. The molecule has 0 bridgehead atoms. The largest absolute Gasteiger partial charge is 0.378 e. The SMILES string of the molecule is [2H]C([2H])([2H])OC1CN(c2ncc(Br)cc2F)C1. The van der Waals surface area contributed by atoms with E-state index < -0.39 is 19.0 Å². The van der Waals surface area contributed by atoms with E-state index in [1.807, 2.05) is 0 Å². The van der Waals surface area contributed by atoms with Crippen molar-refractivity contribution in [2.45, 2.75) is 6.10 Å². The Morgan fingerprint density at radius 2 is 2.57 bits per heavy atom. The van der Waals surface area contributed by atoms with Crippen LogP contribution in [0.3, 0.4) is 0 Å². The Hall–Kier alpha value is -0.680. The van der Waals surface area contributed by atoms with Gasteiger partial charge in [0.1, 0.15) is 0 Å². The lowest BCUT2D eigenvalue weighted by Gasteiger charge is -2.39. The van der Waals surface area contributed by atoms with Crippen LogP contribution in [0.5, 0.6) is 0 Å². The third-order valence-electron chi connectivity index (χ3n) is 2.10. The average molecular weight is 264 g/mol. The smallest absolute Gasteiger partial charge is 0.166 e. The summed E-state index contributed by atoms with van der Waals surface area (Å²) in [5, 5.41) is 0. The van der Waals surface area contributed by atoms with Crippen LogP contribution < -0.4 is 4.90 Å². The summed E-state index contributed by atoms with van der Waals surface area (Å²) < 4.78 is 39.7. The van der Waals surface area contributed by atoms with E-state index in [0.29, 0.717) is 17.6 Å². The van der Waals surface area contributed by atoms with Crippen molar-refractivity contribution in [1.29, 1.82) is 0 Å². The van der Waals surface area contributed by atoms with Crippen LogP contribution in [0.4, 0.5) is 10.2 Å². The molecule has 0 unspecified atom stereocenters. The number of ether oxygens (including phenoxy) is 1.